The molecule has 3 rings (SSSR count). The van der Waals surface area contributed by atoms with Crippen molar-refractivity contribution >= 4 is 22.8 Å². The number of piperidine rings is 1. The molecule has 1 aromatic heterocycles. The van der Waals surface area contributed by atoms with Crippen LogP contribution in [0, 0.1) is 12.8 Å². The summed E-state index contributed by atoms with van der Waals surface area (Å²) in [7, 11) is 0. The highest BCUT2D eigenvalue weighted by Gasteiger charge is 2.24. The van der Waals surface area contributed by atoms with E-state index < -0.39 is 5.97 Å². The zero-order valence-electron chi connectivity index (χ0n) is 14.8. The lowest BCUT2D eigenvalue weighted by atomic mass is 9.93. The van der Waals surface area contributed by atoms with E-state index in [1.807, 2.05) is 11.1 Å². The fourth-order valence-electron chi connectivity index (χ4n) is 3.75. The van der Waals surface area contributed by atoms with Gasteiger partial charge >= 0.3 is 5.97 Å². The van der Waals surface area contributed by atoms with E-state index in [0.717, 1.165) is 31.3 Å². The van der Waals surface area contributed by atoms with Crippen LogP contribution < -0.4 is 0 Å². The van der Waals surface area contributed by atoms with E-state index >= 15 is 0 Å². The molecule has 5 heteroatoms. The van der Waals surface area contributed by atoms with Gasteiger partial charge in [0.2, 0.25) is 5.91 Å². The maximum atomic E-state index is 12.6. The van der Waals surface area contributed by atoms with Crippen molar-refractivity contribution in [1.29, 1.82) is 0 Å². The molecule has 1 aliphatic rings. The Hall–Kier alpha value is -2.30. The molecule has 2 aromatic rings. The van der Waals surface area contributed by atoms with Gasteiger partial charge in [0.05, 0.1) is 0 Å². The lowest BCUT2D eigenvalue weighted by molar-refractivity contribution is -0.137. The average Bonchev–Trinajstić information content (AvgIpc) is 3.00. The SMILES string of the molecule is Cc1ccc2[nH]cc(CCC(=O)N3CCCC(CCC(=O)O)C3)c2c1. The predicted molar refractivity (Wildman–Crippen MR) is 97.5 cm³/mol. The molecule has 1 amide bonds. The largest absolute Gasteiger partial charge is 0.481 e. The standard InChI is InChI=1S/C20H26N2O3/c1-14-4-7-18-17(11-14)16(12-21-18)6-8-19(23)22-10-2-3-15(13-22)5-9-20(24)25/h4,7,11-12,15,21H,2-3,5-6,8-10,13H2,1H3,(H,24,25). The smallest absolute Gasteiger partial charge is 0.303 e. The summed E-state index contributed by atoms with van der Waals surface area (Å²) in [4.78, 5) is 28.5. The number of H-pyrrole nitrogens is 1. The number of aromatic nitrogens is 1. The molecule has 1 unspecified atom stereocenters. The highest BCUT2D eigenvalue weighted by molar-refractivity contribution is 5.85. The third-order valence-electron chi connectivity index (χ3n) is 5.17. The number of fused-ring (bicyclic) bond motifs is 1. The van der Waals surface area contributed by atoms with Gasteiger partial charge in [-0.25, -0.2) is 0 Å². The second kappa shape index (κ2) is 7.72. The van der Waals surface area contributed by atoms with E-state index in [4.69, 9.17) is 5.11 Å². The Kier molecular flexibility index (Phi) is 5.41. The molecule has 2 N–H and O–H groups in total. The Morgan fingerprint density at radius 1 is 1.32 bits per heavy atom. The molecular weight excluding hydrogens is 316 g/mol. The molecule has 0 spiro atoms. The monoisotopic (exact) mass is 342 g/mol. The number of hydrogen-bond acceptors (Lipinski definition) is 2. The fourth-order valence-corrected chi connectivity index (χ4v) is 3.75. The summed E-state index contributed by atoms with van der Waals surface area (Å²) in [5, 5.41) is 10.0. The van der Waals surface area contributed by atoms with Crippen molar-refractivity contribution in [2.45, 2.75) is 45.4 Å². The predicted octanol–water partition coefficient (Wildman–Crippen LogP) is 3.51. The Morgan fingerprint density at radius 2 is 2.16 bits per heavy atom. The fraction of sp³-hybridized carbons (Fsp3) is 0.500. The molecule has 0 aliphatic carbocycles. The normalized spacial score (nSPS) is 17.8. The maximum absolute atomic E-state index is 12.6. The van der Waals surface area contributed by atoms with Gasteiger partial charge in [0.15, 0.2) is 0 Å². The quantitative estimate of drug-likeness (QED) is 0.843. The zero-order chi connectivity index (χ0) is 17.8. The van der Waals surface area contributed by atoms with Gasteiger partial charge in [-0.05, 0) is 56.2 Å². The van der Waals surface area contributed by atoms with Crippen LogP contribution >= 0.6 is 0 Å². The van der Waals surface area contributed by atoms with E-state index in [9.17, 15) is 9.59 Å². The third kappa shape index (κ3) is 4.41. The number of amides is 1. The molecule has 1 fully saturated rings. The summed E-state index contributed by atoms with van der Waals surface area (Å²) < 4.78 is 0. The van der Waals surface area contributed by atoms with Gasteiger partial charge in [-0.3, -0.25) is 9.59 Å². The van der Waals surface area contributed by atoms with Crippen LogP contribution in [-0.2, 0) is 16.0 Å². The number of nitrogens with one attached hydrogen (secondary N) is 1. The van der Waals surface area contributed by atoms with Crippen molar-refractivity contribution in [1.82, 2.24) is 9.88 Å². The van der Waals surface area contributed by atoms with Gasteiger partial charge in [0, 0.05) is 43.0 Å². The van der Waals surface area contributed by atoms with Crippen LogP contribution in [0.3, 0.4) is 0 Å². The summed E-state index contributed by atoms with van der Waals surface area (Å²) >= 11 is 0. The highest BCUT2D eigenvalue weighted by atomic mass is 16.4. The Balaban J connectivity index is 1.56. The van der Waals surface area contributed by atoms with Crippen LogP contribution in [-0.4, -0.2) is 40.0 Å². The van der Waals surface area contributed by atoms with Crippen LogP contribution in [0.25, 0.3) is 10.9 Å². The van der Waals surface area contributed by atoms with Crippen molar-refractivity contribution in [2.75, 3.05) is 13.1 Å². The van der Waals surface area contributed by atoms with Gasteiger partial charge in [0.25, 0.3) is 0 Å². The zero-order valence-corrected chi connectivity index (χ0v) is 14.8. The Morgan fingerprint density at radius 3 is 2.96 bits per heavy atom. The molecule has 1 aliphatic heterocycles. The van der Waals surface area contributed by atoms with Crippen LogP contribution in [0.1, 0.15) is 43.2 Å². The number of carbonyl (C=O) groups excluding carboxylic acids is 1. The molecule has 134 valence electrons. The van der Waals surface area contributed by atoms with Gasteiger partial charge in [-0.1, -0.05) is 11.6 Å². The first kappa shape index (κ1) is 17.5. The van der Waals surface area contributed by atoms with E-state index in [0.29, 0.717) is 25.3 Å². The summed E-state index contributed by atoms with van der Waals surface area (Å²) in [5.74, 6) is -0.246. The topological polar surface area (TPSA) is 73.4 Å². The molecule has 0 bridgehead atoms. The highest BCUT2D eigenvalue weighted by Crippen LogP contribution is 2.24. The summed E-state index contributed by atoms with van der Waals surface area (Å²) in [6, 6.07) is 6.32. The second-order valence-corrected chi connectivity index (χ2v) is 7.14. The van der Waals surface area contributed by atoms with E-state index in [2.05, 4.69) is 30.1 Å². The molecular formula is C20H26N2O3. The number of aliphatic carboxylic acids is 1. The van der Waals surface area contributed by atoms with Gasteiger partial charge in [0.1, 0.15) is 0 Å². The minimum atomic E-state index is -0.752. The number of aromatic amines is 1. The van der Waals surface area contributed by atoms with Crippen molar-refractivity contribution in [2.24, 2.45) is 5.92 Å². The number of nitrogens with zero attached hydrogens (tertiary/aromatic N) is 1. The number of carboxylic acids is 1. The number of likely N-dealkylation sites (tertiary alicyclic amines) is 1. The maximum Gasteiger partial charge on any atom is 0.303 e. The van der Waals surface area contributed by atoms with Crippen LogP contribution in [0.2, 0.25) is 0 Å². The van der Waals surface area contributed by atoms with Crippen molar-refractivity contribution in [3.63, 3.8) is 0 Å². The summed E-state index contributed by atoms with van der Waals surface area (Å²) in [6.45, 7) is 3.58. The van der Waals surface area contributed by atoms with Crippen LogP contribution in [0.4, 0.5) is 0 Å². The number of hydrogen-bond donors (Lipinski definition) is 2. The van der Waals surface area contributed by atoms with Gasteiger partial charge in [-0.15, -0.1) is 0 Å². The Labute approximate surface area is 148 Å². The minimum absolute atomic E-state index is 0.182. The summed E-state index contributed by atoms with van der Waals surface area (Å²) in [5.41, 5.74) is 3.52. The molecule has 1 atom stereocenters. The lowest BCUT2D eigenvalue weighted by Gasteiger charge is -2.32. The molecule has 0 saturated carbocycles. The van der Waals surface area contributed by atoms with Crippen LogP contribution in [0.5, 0.6) is 0 Å². The molecule has 5 nitrogen and oxygen atoms in total. The molecule has 1 saturated heterocycles. The van der Waals surface area contributed by atoms with Crippen molar-refractivity contribution < 1.29 is 14.7 Å². The van der Waals surface area contributed by atoms with Crippen molar-refractivity contribution in [3.05, 3.63) is 35.5 Å². The van der Waals surface area contributed by atoms with Crippen molar-refractivity contribution in [3.8, 4) is 0 Å². The number of rotatable bonds is 6. The second-order valence-electron chi connectivity index (χ2n) is 7.14. The minimum Gasteiger partial charge on any atom is -0.481 e. The molecule has 2 heterocycles. The lowest BCUT2D eigenvalue weighted by Crippen LogP contribution is -2.40. The molecule has 1 aromatic carbocycles. The van der Waals surface area contributed by atoms with Crippen LogP contribution in [0.15, 0.2) is 24.4 Å². The summed E-state index contributed by atoms with van der Waals surface area (Å²) in [6.07, 6.45) is 6.11. The number of benzene rings is 1. The number of carbonyl (C=O) groups is 2. The molecule has 0 radical (unpaired) electrons. The van der Waals surface area contributed by atoms with Gasteiger partial charge < -0.3 is 15.0 Å². The number of carboxylic acid groups (broad SMARTS) is 1. The first-order chi connectivity index (χ1) is 12.0. The van der Waals surface area contributed by atoms with Gasteiger partial charge in [-0.2, -0.15) is 0 Å². The van der Waals surface area contributed by atoms with E-state index in [1.165, 1.54) is 16.5 Å². The first-order valence-corrected chi connectivity index (χ1v) is 9.09. The first-order valence-electron chi connectivity index (χ1n) is 9.09. The molecule has 25 heavy (non-hydrogen) atoms. The third-order valence-corrected chi connectivity index (χ3v) is 5.17. The Bertz CT molecular complexity index is 765. The van der Waals surface area contributed by atoms with E-state index in [1.54, 1.807) is 0 Å². The number of aryl methyl sites for hydroxylation is 2. The average molecular weight is 342 g/mol. The van der Waals surface area contributed by atoms with E-state index in [-0.39, 0.29) is 12.3 Å².